The molecule has 7 heteroatoms. The number of thiophene rings is 1. The maximum absolute atomic E-state index is 12.4. The molecule has 2 N–H and O–H groups in total. The Hall–Kier alpha value is -0.0800. The highest BCUT2D eigenvalue weighted by molar-refractivity contribution is 7.99. The highest BCUT2D eigenvalue weighted by Gasteiger charge is 2.29. The van der Waals surface area contributed by atoms with E-state index in [0.717, 1.165) is 29.7 Å². The van der Waals surface area contributed by atoms with Gasteiger partial charge in [-0.3, -0.25) is 0 Å². The van der Waals surface area contributed by atoms with Crippen molar-refractivity contribution in [3.05, 3.63) is 16.5 Å². The van der Waals surface area contributed by atoms with E-state index >= 15 is 0 Å². The van der Waals surface area contributed by atoms with E-state index in [1.165, 1.54) is 11.3 Å². The number of nitrogens with one attached hydrogen (secondary N) is 2. The Kier molecular flexibility index (Phi) is 5.53. The fraction of sp³-hybridized carbons (Fsp3) is 0.692. The van der Waals surface area contributed by atoms with E-state index < -0.39 is 10.0 Å². The van der Waals surface area contributed by atoms with E-state index in [2.05, 4.69) is 16.3 Å². The summed E-state index contributed by atoms with van der Waals surface area (Å²) in [6.07, 6.45) is 5.07. The lowest BCUT2D eigenvalue weighted by atomic mass is 10.3. The molecule has 0 saturated heterocycles. The first-order chi connectivity index (χ1) is 9.46. The first kappa shape index (κ1) is 16.3. The molecule has 1 aliphatic carbocycles. The third-order valence-corrected chi connectivity index (χ3v) is 7.97. The molecule has 2 unspecified atom stereocenters. The van der Waals surface area contributed by atoms with Crippen LogP contribution in [0.4, 0.5) is 0 Å². The Morgan fingerprint density at radius 2 is 2.20 bits per heavy atom. The van der Waals surface area contributed by atoms with E-state index in [4.69, 9.17) is 0 Å². The molecule has 1 heterocycles. The first-order valence-corrected chi connectivity index (χ1v) is 10.3. The standard InChI is InChI=1S/C13H22N2O2S3/c1-9-6-13(19-12(9)8-14-2)20(16,17)15-10-4-5-11(7-10)18-3/h6,10-11,14-15H,4-5,7-8H2,1-3H3. The highest BCUT2D eigenvalue weighted by Crippen LogP contribution is 2.31. The van der Waals surface area contributed by atoms with Crippen LogP contribution in [0.15, 0.2) is 10.3 Å². The van der Waals surface area contributed by atoms with Gasteiger partial charge < -0.3 is 5.32 Å². The van der Waals surface area contributed by atoms with Crippen molar-refractivity contribution in [1.82, 2.24) is 10.0 Å². The number of sulfonamides is 1. The molecule has 0 spiro atoms. The monoisotopic (exact) mass is 334 g/mol. The van der Waals surface area contributed by atoms with Gasteiger partial charge in [0.05, 0.1) is 0 Å². The molecule has 0 aliphatic heterocycles. The molecule has 2 rings (SSSR count). The smallest absolute Gasteiger partial charge is 0.250 e. The first-order valence-electron chi connectivity index (χ1n) is 6.75. The van der Waals surface area contributed by atoms with Gasteiger partial charge in [0.25, 0.3) is 0 Å². The topological polar surface area (TPSA) is 58.2 Å². The molecule has 1 saturated carbocycles. The van der Waals surface area contributed by atoms with Gasteiger partial charge in [-0.2, -0.15) is 11.8 Å². The van der Waals surface area contributed by atoms with Crippen LogP contribution >= 0.6 is 23.1 Å². The Morgan fingerprint density at radius 1 is 1.45 bits per heavy atom. The van der Waals surface area contributed by atoms with Crippen LogP contribution in [0.25, 0.3) is 0 Å². The lowest BCUT2D eigenvalue weighted by Crippen LogP contribution is -2.32. The van der Waals surface area contributed by atoms with Crippen molar-refractivity contribution in [2.24, 2.45) is 0 Å². The van der Waals surface area contributed by atoms with E-state index in [1.807, 2.05) is 25.7 Å². The summed E-state index contributed by atoms with van der Waals surface area (Å²) in [6, 6.07) is 1.87. The van der Waals surface area contributed by atoms with Crippen molar-refractivity contribution in [3.63, 3.8) is 0 Å². The summed E-state index contributed by atoms with van der Waals surface area (Å²) in [5.74, 6) is 0. The molecule has 1 aromatic rings. The van der Waals surface area contributed by atoms with Gasteiger partial charge in [0.2, 0.25) is 10.0 Å². The van der Waals surface area contributed by atoms with Crippen molar-refractivity contribution >= 4 is 33.1 Å². The second kappa shape index (κ2) is 6.79. The largest absolute Gasteiger partial charge is 0.315 e. The van der Waals surface area contributed by atoms with Gasteiger partial charge in [0.1, 0.15) is 4.21 Å². The molecule has 0 aromatic carbocycles. The van der Waals surface area contributed by atoms with Crippen molar-refractivity contribution in [3.8, 4) is 0 Å². The van der Waals surface area contributed by atoms with Crippen LogP contribution in [0, 0.1) is 6.92 Å². The van der Waals surface area contributed by atoms with Gasteiger partial charge in [-0.05, 0) is 51.1 Å². The second-order valence-corrected chi connectivity index (χ2v) is 9.41. The molecule has 0 bridgehead atoms. The zero-order chi connectivity index (χ0) is 14.8. The molecule has 114 valence electrons. The summed E-state index contributed by atoms with van der Waals surface area (Å²) in [5.41, 5.74) is 1.04. The lowest BCUT2D eigenvalue weighted by Gasteiger charge is -2.12. The van der Waals surface area contributed by atoms with Crippen LogP contribution in [0.2, 0.25) is 0 Å². The molecule has 0 radical (unpaired) electrons. The number of aryl methyl sites for hydroxylation is 1. The molecule has 20 heavy (non-hydrogen) atoms. The van der Waals surface area contributed by atoms with Gasteiger partial charge in [-0.15, -0.1) is 11.3 Å². The number of thioether (sulfide) groups is 1. The third-order valence-electron chi connectivity index (χ3n) is 3.64. The third kappa shape index (κ3) is 3.76. The maximum atomic E-state index is 12.4. The quantitative estimate of drug-likeness (QED) is 0.838. The Balaban J connectivity index is 2.08. The Bertz CT molecular complexity index is 554. The lowest BCUT2D eigenvalue weighted by molar-refractivity contribution is 0.554. The second-order valence-electron chi connectivity index (χ2n) is 5.19. The number of hydrogen-bond donors (Lipinski definition) is 2. The van der Waals surface area contributed by atoms with Crippen molar-refractivity contribution in [2.75, 3.05) is 13.3 Å². The average Bonchev–Trinajstić information content (AvgIpc) is 2.97. The molecule has 1 fully saturated rings. The minimum Gasteiger partial charge on any atom is -0.315 e. The zero-order valence-corrected chi connectivity index (χ0v) is 14.6. The molecule has 0 amide bonds. The van der Waals surface area contributed by atoms with Gasteiger partial charge in [-0.1, -0.05) is 0 Å². The van der Waals surface area contributed by atoms with Crippen LogP contribution in [-0.4, -0.2) is 33.0 Å². The summed E-state index contributed by atoms with van der Waals surface area (Å²) < 4.78 is 28.2. The van der Waals surface area contributed by atoms with Crippen LogP contribution in [0.1, 0.15) is 29.7 Å². The highest BCUT2D eigenvalue weighted by atomic mass is 32.2. The van der Waals surface area contributed by atoms with E-state index in [9.17, 15) is 8.42 Å². The van der Waals surface area contributed by atoms with Crippen molar-refractivity contribution in [2.45, 2.75) is 48.2 Å². The predicted molar refractivity (Wildman–Crippen MR) is 87.1 cm³/mol. The summed E-state index contributed by atoms with van der Waals surface area (Å²) in [7, 11) is -1.50. The maximum Gasteiger partial charge on any atom is 0.250 e. The fourth-order valence-electron chi connectivity index (χ4n) is 2.50. The van der Waals surface area contributed by atoms with Gasteiger partial charge in [0.15, 0.2) is 0 Å². The molecule has 1 aliphatic rings. The summed E-state index contributed by atoms with van der Waals surface area (Å²) in [6.45, 7) is 2.67. The molecule has 4 nitrogen and oxygen atoms in total. The molecular weight excluding hydrogens is 312 g/mol. The van der Waals surface area contributed by atoms with Gasteiger partial charge in [0, 0.05) is 22.7 Å². The van der Waals surface area contributed by atoms with Crippen LogP contribution in [0.3, 0.4) is 0 Å². The van der Waals surface area contributed by atoms with Gasteiger partial charge >= 0.3 is 0 Å². The summed E-state index contributed by atoms with van der Waals surface area (Å²) in [5, 5.41) is 3.66. The summed E-state index contributed by atoms with van der Waals surface area (Å²) in [4.78, 5) is 1.08. The normalized spacial score (nSPS) is 23.4. The zero-order valence-electron chi connectivity index (χ0n) is 12.1. The Morgan fingerprint density at radius 3 is 2.80 bits per heavy atom. The SMILES string of the molecule is CNCc1sc(S(=O)(=O)NC2CCC(SC)C2)cc1C. The molecule has 1 aromatic heterocycles. The minimum atomic E-state index is -3.36. The van der Waals surface area contributed by atoms with E-state index in [1.54, 1.807) is 6.07 Å². The predicted octanol–water partition coefficient (Wildman–Crippen LogP) is 2.34. The van der Waals surface area contributed by atoms with Crippen LogP contribution in [0.5, 0.6) is 0 Å². The average molecular weight is 335 g/mol. The van der Waals surface area contributed by atoms with E-state index in [0.29, 0.717) is 16.0 Å². The fourth-order valence-corrected chi connectivity index (χ4v) is 6.19. The number of hydrogen-bond acceptors (Lipinski definition) is 5. The van der Waals surface area contributed by atoms with Crippen LogP contribution < -0.4 is 10.0 Å². The summed E-state index contributed by atoms with van der Waals surface area (Å²) >= 11 is 3.19. The molecule has 2 atom stereocenters. The van der Waals surface area contributed by atoms with Crippen LogP contribution in [-0.2, 0) is 16.6 Å². The van der Waals surface area contributed by atoms with Crippen molar-refractivity contribution in [1.29, 1.82) is 0 Å². The van der Waals surface area contributed by atoms with Crippen molar-refractivity contribution < 1.29 is 8.42 Å². The van der Waals surface area contributed by atoms with E-state index in [-0.39, 0.29) is 6.04 Å². The minimum absolute atomic E-state index is 0.0904. The Labute approximate surface area is 129 Å². The van der Waals surface area contributed by atoms with Gasteiger partial charge in [-0.25, -0.2) is 13.1 Å². The molecular formula is C13H22N2O2S3. The number of rotatable bonds is 6.